The van der Waals surface area contributed by atoms with Crippen molar-refractivity contribution in [1.29, 1.82) is 0 Å². The van der Waals surface area contributed by atoms with Crippen LogP contribution in [-0.4, -0.2) is 0 Å². The molecule has 0 saturated carbocycles. The van der Waals surface area contributed by atoms with Gasteiger partial charge in [0, 0.05) is 8.95 Å². The van der Waals surface area contributed by atoms with Gasteiger partial charge >= 0.3 is 24.7 Å². The molecular weight excluding hydrogens is 780 g/mol. The van der Waals surface area contributed by atoms with Crippen LogP contribution in [0.25, 0.3) is 0 Å². The molecule has 0 aliphatic carbocycles. The topological polar surface area (TPSA) is 0 Å². The minimum absolute atomic E-state index is 0.0680. The van der Waals surface area contributed by atoms with Crippen molar-refractivity contribution < 1.29 is 52.7 Å². The molecule has 0 nitrogen and oxygen atoms in total. The fourth-order valence-electron chi connectivity index (χ4n) is 4.37. The summed E-state index contributed by atoms with van der Waals surface area (Å²) in [4.78, 5) is 0. The highest BCUT2D eigenvalue weighted by Crippen LogP contribution is 2.51. The molecule has 0 fully saturated rings. The highest BCUT2D eigenvalue weighted by Gasteiger charge is 2.40. The molecule has 4 rings (SSSR count). The Hall–Kier alpha value is -2.65. The number of benzene rings is 4. The van der Waals surface area contributed by atoms with Crippen LogP contribution in [-0.2, 0) is 24.7 Å². The van der Waals surface area contributed by atoms with Crippen LogP contribution in [0.4, 0.5) is 52.7 Å². The molecule has 0 saturated heterocycles. The van der Waals surface area contributed by atoms with Crippen LogP contribution in [0.2, 0.25) is 0 Å². The lowest BCUT2D eigenvalue weighted by molar-refractivity contribution is -0.144. The maximum atomic E-state index is 13.8. The van der Waals surface area contributed by atoms with Crippen molar-refractivity contribution in [2.45, 2.75) is 35.2 Å². The summed E-state index contributed by atoms with van der Waals surface area (Å²) >= 11 is 6.97. The largest absolute Gasteiger partial charge is 0.416 e. The summed E-state index contributed by atoms with van der Waals surface area (Å²) in [5.41, 5.74) is -7.28. The number of halogens is 14. The Morgan fingerprint density at radius 2 is 0.622 bits per heavy atom. The molecule has 4 aromatic carbocycles. The van der Waals surface area contributed by atoms with E-state index in [0.29, 0.717) is 45.0 Å². The van der Waals surface area contributed by atoms with Gasteiger partial charge in [0.05, 0.1) is 32.8 Å². The normalized spacial score (nSPS) is 14.4. The van der Waals surface area contributed by atoms with Crippen molar-refractivity contribution in [2.75, 3.05) is 0 Å². The molecule has 2 unspecified atom stereocenters. The summed E-state index contributed by atoms with van der Waals surface area (Å²) in [6, 6.07) is 13.1. The van der Waals surface area contributed by atoms with Crippen molar-refractivity contribution in [2.24, 2.45) is 0 Å². The van der Waals surface area contributed by atoms with E-state index >= 15 is 0 Å². The summed E-state index contributed by atoms with van der Waals surface area (Å²) in [6.45, 7) is 0. The van der Waals surface area contributed by atoms with Gasteiger partial charge in [-0.3, -0.25) is 0 Å². The average molecular weight is 796 g/mol. The van der Waals surface area contributed by atoms with Crippen LogP contribution in [0.3, 0.4) is 0 Å². The van der Waals surface area contributed by atoms with Gasteiger partial charge in [-0.1, -0.05) is 56.1 Å². The first-order valence-corrected chi connectivity index (χ1v) is 14.9. The third kappa shape index (κ3) is 8.79. The van der Waals surface area contributed by atoms with Crippen molar-refractivity contribution in [1.82, 2.24) is 0 Å². The summed E-state index contributed by atoms with van der Waals surface area (Å²) in [6.07, 6.45) is -20.8. The predicted octanol–water partition coefficient (Wildman–Crippen LogP) is 12.9. The molecule has 0 N–H and O–H groups in total. The van der Waals surface area contributed by atoms with Crippen LogP contribution >= 0.6 is 43.6 Å². The van der Waals surface area contributed by atoms with Gasteiger partial charge < -0.3 is 0 Å². The highest BCUT2D eigenvalue weighted by molar-refractivity contribution is 9.10. The Bertz CT molecular complexity index is 1450. The van der Waals surface area contributed by atoms with Gasteiger partial charge in [0.2, 0.25) is 0 Å². The Morgan fingerprint density at radius 1 is 0.378 bits per heavy atom. The first kappa shape index (κ1) is 35.2. The number of thioether (sulfide) groups is 1. The highest BCUT2D eigenvalue weighted by atomic mass is 79.9. The van der Waals surface area contributed by atoms with Gasteiger partial charge in [0.15, 0.2) is 0 Å². The van der Waals surface area contributed by atoms with Crippen molar-refractivity contribution in [3.05, 3.63) is 138 Å². The first-order chi connectivity index (χ1) is 20.6. The third-order valence-electron chi connectivity index (χ3n) is 6.44. The molecule has 2 atom stereocenters. The smallest absolute Gasteiger partial charge is 0.166 e. The molecule has 0 aromatic heterocycles. The molecule has 0 radical (unpaired) electrons. The molecule has 240 valence electrons. The Labute approximate surface area is 269 Å². The van der Waals surface area contributed by atoms with E-state index in [4.69, 9.17) is 0 Å². The van der Waals surface area contributed by atoms with Gasteiger partial charge in [-0.2, -0.15) is 52.7 Å². The number of alkyl halides is 12. The molecular formula is C30H16Br2F12S. The van der Waals surface area contributed by atoms with Crippen molar-refractivity contribution in [3.63, 3.8) is 0 Å². The lowest BCUT2D eigenvalue weighted by atomic mass is 9.98. The van der Waals surface area contributed by atoms with Crippen LogP contribution in [0.15, 0.2) is 93.9 Å². The van der Waals surface area contributed by atoms with Crippen LogP contribution < -0.4 is 0 Å². The lowest BCUT2D eigenvalue weighted by Crippen LogP contribution is -2.14. The molecule has 4 aromatic rings. The molecule has 0 spiro atoms. The lowest BCUT2D eigenvalue weighted by Gasteiger charge is -2.27. The summed E-state index contributed by atoms with van der Waals surface area (Å²) in [5, 5.41) is -2.86. The SMILES string of the molecule is FC(F)(F)c1cc(C(SC(c2ccc(Br)cc2)c2cc(C(F)(F)F)cc(C(F)(F)F)c2)c2ccc(Br)cc2)cc(C(F)(F)F)c1. The zero-order valence-corrected chi connectivity index (χ0v) is 25.9. The van der Waals surface area contributed by atoms with E-state index in [9.17, 15) is 52.7 Å². The molecule has 15 heteroatoms. The molecule has 0 aliphatic rings. The fourth-order valence-corrected chi connectivity index (χ4v) is 6.39. The molecule has 45 heavy (non-hydrogen) atoms. The summed E-state index contributed by atoms with van der Waals surface area (Å²) < 4.78 is 167. The molecule has 0 aliphatic heterocycles. The van der Waals surface area contributed by atoms with E-state index in [0.717, 1.165) is 0 Å². The Balaban J connectivity index is 2.02. The zero-order chi connectivity index (χ0) is 33.5. The predicted molar refractivity (Wildman–Crippen MR) is 152 cm³/mol. The summed E-state index contributed by atoms with van der Waals surface area (Å²) in [5.74, 6) is 0. The second-order valence-electron chi connectivity index (χ2n) is 9.68. The average Bonchev–Trinajstić information content (AvgIpc) is 2.92. The number of hydrogen-bond acceptors (Lipinski definition) is 1. The van der Waals surface area contributed by atoms with Crippen LogP contribution in [0, 0.1) is 0 Å². The van der Waals surface area contributed by atoms with Gasteiger partial charge in [-0.25, -0.2) is 0 Å². The standard InChI is InChI=1S/C30H16Br2F12S/c31-23-5-1-15(2-6-23)25(17-9-19(27(33,34)35)13-20(10-17)28(36,37)38)45-26(16-3-7-24(32)8-4-16)18-11-21(29(39,40)41)14-22(12-18)30(42,43)44/h1-14,25-26H. The minimum Gasteiger partial charge on any atom is -0.166 e. The van der Waals surface area contributed by atoms with E-state index in [1.54, 1.807) is 0 Å². The monoisotopic (exact) mass is 794 g/mol. The van der Waals surface area contributed by atoms with Crippen molar-refractivity contribution in [3.8, 4) is 0 Å². The maximum Gasteiger partial charge on any atom is 0.416 e. The van der Waals surface area contributed by atoms with E-state index in [1.807, 2.05) is 0 Å². The quantitative estimate of drug-likeness (QED) is 0.175. The van der Waals surface area contributed by atoms with Crippen molar-refractivity contribution >= 4 is 43.6 Å². The van der Waals surface area contributed by atoms with Crippen LogP contribution in [0.1, 0.15) is 55.0 Å². The Kier molecular flexibility index (Phi) is 10.1. The fraction of sp³-hybridized carbons (Fsp3) is 0.200. The van der Waals surface area contributed by atoms with Gasteiger partial charge in [0.1, 0.15) is 0 Å². The van der Waals surface area contributed by atoms with E-state index in [2.05, 4.69) is 31.9 Å². The van der Waals surface area contributed by atoms with E-state index in [1.165, 1.54) is 48.5 Å². The second-order valence-corrected chi connectivity index (χ2v) is 12.7. The second kappa shape index (κ2) is 12.9. The first-order valence-electron chi connectivity index (χ1n) is 12.4. The molecule has 0 bridgehead atoms. The Morgan fingerprint density at radius 3 is 0.844 bits per heavy atom. The zero-order valence-electron chi connectivity index (χ0n) is 21.9. The third-order valence-corrected chi connectivity index (χ3v) is 9.13. The van der Waals surface area contributed by atoms with Gasteiger partial charge in [-0.15, -0.1) is 11.8 Å². The molecule has 0 heterocycles. The molecule has 0 amide bonds. The van der Waals surface area contributed by atoms with E-state index in [-0.39, 0.29) is 23.3 Å². The van der Waals surface area contributed by atoms with Crippen LogP contribution in [0.5, 0.6) is 0 Å². The van der Waals surface area contributed by atoms with Gasteiger partial charge in [0.25, 0.3) is 0 Å². The minimum atomic E-state index is -5.21. The number of rotatable bonds is 6. The summed E-state index contributed by atoms with van der Waals surface area (Å²) in [7, 11) is 0. The van der Waals surface area contributed by atoms with E-state index < -0.39 is 68.6 Å². The number of hydrogen-bond donors (Lipinski definition) is 0. The van der Waals surface area contributed by atoms with Gasteiger partial charge in [-0.05, 0) is 82.9 Å². The maximum absolute atomic E-state index is 13.8.